The number of carbonyl (C=O) groups excluding carboxylic acids is 1. The summed E-state index contributed by atoms with van der Waals surface area (Å²) in [5.74, 6) is 1.47. The normalized spacial score (nSPS) is 31.1. The van der Waals surface area contributed by atoms with Crippen LogP contribution in [0.1, 0.15) is 60.8 Å². The van der Waals surface area contributed by atoms with Crippen LogP contribution >= 0.6 is 7.60 Å². The van der Waals surface area contributed by atoms with Gasteiger partial charge in [-0.1, -0.05) is 33.3 Å². The summed E-state index contributed by atoms with van der Waals surface area (Å²) in [6.45, 7) is 12.7. The van der Waals surface area contributed by atoms with E-state index in [1.54, 1.807) is 20.8 Å². The Bertz CT molecular complexity index is 573. The molecule has 0 unspecified atom stereocenters. The van der Waals surface area contributed by atoms with Crippen molar-refractivity contribution in [3.8, 4) is 0 Å². The lowest BCUT2D eigenvalue weighted by Gasteiger charge is -2.61. The van der Waals surface area contributed by atoms with Crippen molar-refractivity contribution in [1.29, 1.82) is 0 Å². The highest BCUT2D eigenvalue weighted by Gasteiger charge is 2.57. The molecule has 0 spiro atoms. The second-order valence-corrected chi connectivity index (χ2v) is 10.1. The number of allylic oxidation sites excluding steroid dienone is 1. The van der Waals surface area contributed by atoms with Gasteiger partial charge in [-0.25, -0.2) is 4.79 Å². The Hall–Kier alpha value is -0.640. The molecule has 0 amide bonds. The van der Waals surface area contributed by atoms with E-state index in [-0.39, 0.29) is 36.5 Å². The molecular formula is C20H35O5P. The average molecular weight is 386 g/mol. The molecule has 150 valence electrons. The predicted molar refractivity (Wildman–Crippen MR) is 103 cm³/mol. The second-order valence-electron chi connectivity index (χ2n) is 8.14. The first-order valence-electron chi connectivity index (χ1n) is 9.99. The lowest BCUT2D eigenvalue weighted by molar-refractivity contribution is -0.138. The molecule has 0 N–H and O–H groups in total. The molecule has 0 radical (unpaired) electrons. The fourth-order valence-electron chi connectivity index (χ4n) is 4.93. The van der Waals surface area contributed by atoms with Gasteiger partial charge in [-0.05, 0) is 62.7 Å². The number of esters is 1. The van der Waals surface area contributed by atoms with Gasteiger partial charge in [0.25, 0.3) is 0 Å². The molecule has 0 heterocycles. The van der Waals surface area contributed by atoms with Crippen molar-refractivity contribution in [2.45, 2.75) is 60.8 Å². The summed E-state index contributed by atoms with van der Waals surface area (Å²) in [6.07, 6.45) is 5.51. The van der Waals surface area contributed by atoms with Crippen LogP contribution in [0.25, 0.3) is 0 Å². The zero-order valence-corrected chi connectivity index (χ0v) is 18.0. The van der Waals surface area contributed by atoms with Gasteiger partial charge in [0.15, 0.2) is 0 Å². The summed E-state index contributed by atoms with van der Waals surface area (Å²) in [7, 11) is -3.68. The molecule has 4 atom stereocenters. The van der Waals surface area contributed by atoms with Crippen molar-refractivity contribution in [1.82, 2.24) is 0 Å². The van der Waals surface area contributed by atoms with E-state index in [0.29, 0.717) is 17.8 Å². The van der Waals surface area contributed by atoms with Gasteiger partial charge in [0, 0.05) is 0 Å². The maximum absolute atomic E-state index is 13.3. The lowest BCUT2D eigenvalue weighted by Crippen LogP contribution is -2.55. The molecule has 0 bridgehead atoms. The maximum atomic E-state index is 13.3. The van der Waals surface area contributed by atoms with Crippen molar-refractivity contribution < 1.29 is 23.1 Å². The molecule has 2 aliphatic carbocycles. The Morgan fingerprint density at radius 2 is 1.73 bits per heavy atom. The van der Waals surface area contributed by atoms with E-state index in [1.807, 2.05) is 6.08 Å². The fraction of sp³-hybridized carbons (Fsp3) is 0.850. The molecule has 2 rings (SSSR count). The summed E-state index contributed by atoms with van der Waals surface area (Å²) in [4.78, 5) is 12.6. The van der Waals surface area contributed by atoms with Gasteiger partial charge >= 0.3 is 13.6 Å². The smallest absolute Gasteiger partial charge is 0.368 e. The van der Waals surface area contributed by atoms with Crippen molar-refractivity contribution in [3.63, 3.8) is 0 Å². The van der Waals surface area contributed by atoms with Crippen molar-refractivity contribution in [2.75, 3.05) is 19.8 Å². The van der Waals surface area contributed by atoms with E-state index < -0.39 is 13.6 Å². The molecule has 0 aromatic heterocycles. The summed E-state index contributed by atoms with van der Waals surface area (Å²) >= 11 is 0. The van der Waals surface area contributed by atoms with Crippen LogP contribution in [-0.2, 0) is 23.1 Å². The third kappa shape index (κ3) is 4.10. The summed E-state index contributed by atoms with van der Waals surface area (Å²) in [5.41, 5.74) is 0.0752. The highest BCUT2D eigenvalue weighted by atomic mass is 31.2. The van der Waals surface area contributed by atoms with Crippen LogP contribution in [0, 0.1) is 29.1 Å². The third-order valence-corrected chi connectivity index (χ3v) is 8.27. The summed E-state index contributed by atoms with van der Waals surface area (Å²) in [6, 6.07) is 0. The molecule has 26 heavy (non-hydrogen) atoms. The number of carbonyl (C=O) groups is 1. The first kappa shape index (κ1) is 21.7. The third-order valence-electron chi connectivity index (χ3n) is 6.15. The van der Waals surface area contributed by atoms with Crippen LogP contribution in [0.2, 0.25) is 0 Å². The molecule has 0 aromatic rings. The highest BCUT2D eigenvalue weighted by Crippen LogP contribution is 2.65. The standard InChI is InChI=1S/C20H35O5P/c1-7-23-19(21)18(26(22,24-8-2)25-9-3)13-17-15-12-14(4)10-11-16(15)20(17,5)6/h13-17H,7-12H2,1-6H3/b18-13-/t14-,15-,16+,17-/m0/s1. The van der Waals surface area contributed by atoms with Gasteiger partial charge in [0.05, 0.1) is 19.8 Å². The number of hydrogen-bond donors (Lipinski definition) is 0. The molecule has 2 saturated carbocycles. The topological polar surface area (TPSA) is 61.8 Å². The van der Waals surface area contributed by atoms with E-state index in [1.165, 1.54) is 12.8 Å². The summed E-state index contributed by atoms with van der Waals surface area (Å²) in [5, 5.41) is 0.0813. The number of rotatable bonds is 8. The van der Waals surface area contributed by atoms with Gasteiger partial charge in [-0.3, -0.25) is 4.57 Å². The van der Waals surface area contributed by atoms with Crippen LogP contribution in [0.5, 0.6) is 0 Å². The predicted octanol–water partition coefficient (Wildman–Crippen LogP) is 5.41. The van der Waals surface area contributed by atoms with E-state index in [9.17, 15) is 9.36 Å². The maximum Gasteiger partial charge on any atom is 0.368 e. The van der Waals surface area contributed by atoms with E-state index in [2.05, 4.69) is 20.8 Å². The number of hydrogen-bond acceptors (Lipinski definition) is 5. The Morgan fingerprint density at radius 1 is 1.12 bits per heavy atom. The molecule has 5 nitrogen and oxygen atoms in total. The van der Waals surface area contributed by atoms with Gasteiger partial charge in [0.1, 0.15) is 5.31 Å². The molecular weight excluding hydrogens is 351 g/mol. The minimum absolute atomic E-state index is 0.0752. The van der Waals surface area contributed by atoms with Gasteiger partial charge in [0.2, 0.25) is 0 Å². The van der Waals surface area contributed by atoms with Crippen molar-refractivity contribution in [2.24, 2.45) is 29.1 Å². The highest BCUT2D eigenvalue weighted by molar-refractivity contribution is 7.59. The molecule has 2 fully saturated rings. The van der Waals surface area contributed by atoms with Crippen LogP contribution in [0.4, 0.5) is 0 Å². The fourth-order valence-corrected chi connectivity index (χ4v) is 6.59. The van der Waals surface area contributed by atoms with E-state index in [4.69, 9.17) is 13.8 Å². The van der Waals surface area contributed by atoms with Crippen LogP contribution in [0.15, 0.2) is 11.4 Å². The molecule has 0 saturated heterocycles. The van der Waals surface area contributed by atoms with E-state index in [0.717, 1.165) is 6.42 Å². The number of fused-ring (bicyclic) bond motifs is 1. The number of ether oxygens (including phenoxy) is 1. The van der Waals surface area contributed by atoms with Crippen molar-refractivity contribution >= 4 is 13.6 Å². The molecule has 0 aromatic carbocycles. The zero-order valence-electron chi connectivity index (χ0n) is 17.1. The average Bonchev–Trinajstić information content (AvgIpc) is 2.55. The van der Waals surface area contributed by atoms with Crippen LogP contribution in [0.3, 0.4) is 0 Å². The minimum Gasteiger partial charge on any atom is -0.462 e. The Kier molecular flexibility index (Phi) is 7.15. The molecule has 2 aliphatic rings. The SMILES string of the molecule is CCOC(=O)/C(=C/[C@H]1[C@H]2C[C@@H](C)CC[C@H]2C1(C)C)P(=O)(OCC)OCC. The van der Waals surface area contributed by atoms with Gasteiger partial charge < -0.3 is 13.8 Å². The monoisotopic (exact) mass is 386 g/mol. The quantitative estimate of drug-likeness (QED) is 0.317. The Balaban J connectivity index is 2.40. The van der Waals surface area contributed by atoms with Crippen LogP contribution < -0.4 is 0 Å². The lowest BCUT2D eigenvalue weighted by atomic mass is 9.44. The Labute approximate surface area is 158 Å². The largest absolute Gasteiger partial charge is 0.462 e. The van der Waals surface area contributed by atoms with E-state index >= 15 is 0 Å². The Morgan fingerprint density at radius 3 is 2.27 bits per heavy atom. The first-order chi connectivity index (χ1) is 12.2. The molecule has 0 aliphatic heterocycles. The summed E-state index contributed by atoms with van der Waals surface area (Å²) < 4.78 is 29.4. The first-order valence-corrected chi connectivity index (χ1v) is 11.5. The molecule has 6 heteroatoms. The second kappa shape index (κ2) is 8.58. The zero-order chi connectivity index (χ0) is 19.5. The van der Waals surface area contributed by atoms with Gasteiger partial charge in [-0.2, -0.15) is 0 Å². The van der Waals surface area contributed by atoms with Gasteiger partial charge in [-0.15, -0.1) is 0 Å². The van der Waals surface area contributed by atoms with Crippen molar-refractivity contribution in [3.05, 3.63) is 11.4 Å². The minimum atomic E-state index is -3.68. The van der Waals surface area contributed by atoms with Crippen LogP contribution in [-0.4, -0.2) is 25.8 Å².